The Morgan fingerprint density at radius 1 is 0.435 bits per heavy atom. The number of halogens is 3. The van der Waals surface area contributed by atoms with E-state index in [4.69, 9.17) is 44.8 Å². The van der Waals surface area contributed by atoms with Crippen molar-refractivity contribution in [2.24, 2.45) is 21.7 Å². The summed E-state index contributed by atoms with van der Waals surface area (Å²) in [7, 11) is 12.4. The van der Waals surface area contributed by atoms with Crippen LogP contribution in [0.3, 0.4) is 0 Å². The summed E-state index contributed by atoms with van der Waals surface area (Å²) >= 11 is 19.9. The molecule has 0 aliphatic carbocycles. The van der Waals surface area contributed by atoms with Crippen LogP contribution >= 0.6 is 34.8 Å². The molecule has 0 atom stereocenters. The number of amides is 3. The van der Waals surface area contributed by atoms with Crippen molar-refractivity contribution in [2.45, 2.75) is 143 Å². The van der Waals surface area contributed by atoms with Crippen molar-refractivity contribution < 1.29 is 22.8 Å². The minimum atomic E-state index is -3.70. The van der Waals surface area contributed by atoms with Crippen molar-refractivity contribution in [3.8, 4) is 6.07 Å². The van der Waals surface area contributed by atoms with Crippen molar-refractivity contribution in [1.82, 2.24) is 61.1 Å². The van der Waals surface area contributed by atoms with Crippen molar-refractivity contribution in [1.29, 1.82) is 5.26 Å². The fourth-order valence-corrected chi connectivity index (χ4v) is 13.0. The maximum atomic E-state index is 12.3. The van der Waals surface area contributed by atoms with E-state index in [1.807, 2.05) is 110 Å². The summed E-state index contributed by atoms with van der Waals surface area (Å²) in [4.78, 5) is 79.9. The van der Waals surface area contributed by atoms with E-state index in [1.54, 1.807) is 77.5 Å². The third-order valence-electron chi connectivity index (χ3n) is 17.1. The third kappa shape index (κ3) is 28.0. The number of nitriles is 1. The third-order valence-corrected chi connectivity index (χ3v) is 19.0. The van der Waals surface area contributed by atoms with Gasteiger partial charge in [0.25, 0.3) is 22.9 Å². The first-order chi connectivity index (χ1) is 53.4. The average molecular weight is 1660 g/mol. The molecule has 4 heterocycles. The lowest BCUT2D eigenvalue weighted by Crippen LogP contribution is -2.33. The molecule has 8 rings (SSSR count). The predicted octanol–water partition coefficient (Wildman–Crippen LogP) is 16.7. The predicted molar refractivity (Wildman–Crippen MR) is 476 cm³/mol. The topological polar surface area (TPSA) is 333 Å². The monoisotopic (exact) mass is 1650 g/mol. The Bertz CT molecular complexity index is 4950. The van der Waals surface area contributed by atoms with Gasteiger partial charge in [-0.2, -0.15) is 25.2 Å². The molecule has 622 valence electrons. The fourth-order valence-electron chi connectivity index (χ4n) is 11.7. The Morgan fingerprint density at radius 2 is 0.757 bits per heavy atom. The van der Waals surface area contributed by atoms with Crippen LogP contribution in [0.5, 0.6) is 0 Å². The normalized spacial score (nSPS) is 11.3. The van der Waals surface area contributed by atoms with Crippen LogP contribution in [-0.2, 0) is 22.7 Å². The van der Waals surface area contributed by atoms with E-state index in [-0.39, 0.29) is 61.7 Å². The molecule has 0 radical (unpaired) electrons. The number of nitrogens with one attached hydrogen (secondary N) is 9. The van der Waals surface area contributed by atoms with Gasteiger partial charge in [0.1, 0.15) is 38.3 Å². The van der Waals surface area contributed by atoms with Crippen molar-refractivity contribution >= 4 is 143 Å². The molecular formula is C84H119Cl3N22O5S. The van der Waals surface area contributed by atoms with Gasteiger partial charge in [-0.15, -0.1) is 0 Å². The summed E-state index contributed by atoms with van der Waals surface area (Å²) in [6.45, 7) is 44.4. The lowest BCUT2D eigenvalue weighted by Gasteiger charge is -2.31. The van der Waals surface area contributed by atoms with E-state index in [0.29, 0.717) is 109 Å². The van der Waals surface area contributed by atoms with Gasteiger partial charge in [-0.05, 0) is 120 Å². The first kappa shape index (κ1) is 95.2. The van der Waals surface area contributed by atoms with Crippen LogP contribution in [0.4, 0.5) is 75.2 Å². The first-order valence-corrected chi connectivity index (χ1v) is 40.7. The number of carbonyl (C=O) groups is 3. The average Bonchev–Trinajstić information content (AvgIpc) is 0.795. The van der Waals surface area contributed by atoms with E-state index >= 15 is 0 Å². The second-order valence-electron chi connectivity index (χ2n) is 32.9. The Balaban J connectivity index is 0.000000276. The van der Waals surface area contributed by atoms with E-state index < -0.39 is 9.84 Å². The lowest BCUT2D eigenvalue weighted by atomic mass is 9.96. The summed E-state index contributed by atoms with van der Waals surface area (Å²) < 4.78 is 24.5. The van der Waals surface area contributed by atoms with Gasteiger partial charge in [0.05, 0.1) is 0 Å². The number of aryl methyl sites for hydroxylation is 6. The maximum absolute atomic E-state index is 12.3. The molecule has 0 unspecified atom stereocenters. The highest BCUT2D eigenvalue weighted by Gasteiger charge is 2.29. The number of hydrogen-bond donors (Lipinski definition) is 9. The van der Waals surface area contributed by atoms with Crippen LogP contribution in [0.1, 0.15) is 173 Å². The van der Waals surface area contributed by atoms with Crippen LogP contribution in [0, 0.1) is 60.7 Å². The summed E-state index contributed by atoms with van der Waals surface area (Å²) in [5, 5.41) is 37.8. The minimum Gasteiger partial charge on any atom is -0.388 e. The Hall–Kier alpha value is -10.3. The molecule has 0 saturated heterocycles. The van der Waals surface area contributed by atoms with Crippen molar-refractivity contribution in [3.63, 3.8) is 0 Å². The maximum Gasteiger partial charge on any atom is 0.251 e. The van der Waals surface area contributed by atoms with Gasteiger partial charge >= 0.3 is 0 Å². The van der Waals surface area contributed by atoms with Gasteiger partial charge in [-0.3, -0.25) is 14.4 Å². The molecule has 8 aromatic rings. The highest BCUT2D eigenvalue weighted by molar-refractivity contribution is 7.90. The number of carbonyl (C=O) groups excluding carboxylic acids is 3. The highest BCUT2D eigenvalue weighted by atomic mass is 35.5. The number of benzene rings is 4. The van der Waals surface area contributed by atoms with E-state index in [0.717, 1.165) is 76.5 Å². The molecule has 0 spiro atoms. The van der Waals surface area contributed by atoms with Gasteiger partial charge in [0, 0.05) is 154 Å². The minimum absolute atomic E-state index is 0.0620. The number of anilines is 13. The van der Waals surface area contributed by atoms with E-state index in [1.165, 1.54) is 0 Å². The molecule has 0 fully saturated rings. The summed E-state index contributed by atoms with van der Waals surface area (Å²) in [6, 6.07) is 24.3. The standard InChI is InChI=1S/C25H39ClN6O.C22H30N6O2S.C21H30ClN5O.C16H20ClN5O/c1-16-11-12-17(22(33)27-8)13-18(16)28-20-19(26)21(31(9)14-24(2,3)4)30-23(29-20)32(10)15-25(5,6)7;1-14-9-10-16(15(2)24-6)11-18(14)25-19-17(12-23)20(28(7)13-22(3,4)5)27-21(26-19)31(8,29)30;1-8-16-25-18(17(22)19(26-16)27(7)12-21(3,4)5)24-15-11-14(20(28)23-6)10-9-13(15)2;1-5-12-21-14(18-3)13(17)15(22-12)20-11-8-10(16(23)19-4)7-6-9(11)2/h11-13H,14-15H2,1-10H3,(H,27,33)(H,28,29,30);9-11,24H,2,13H2,1,3-8H3,(H,25,26,27);9-11H,8,12H2,1-7H3,(H,23,28)(H,24,25,26);6-8H,5H2,1-4H3,(H,19,23)(H2,18,20,21,22). The molecule has 0 aliphatic heterocycles. The molecule has 27 nitrogen and oxygen atoms in total. The SMILES string of the molecule is C=C(NC)c1ccc(C)c(Nc2nc(S(C)(=O)=O)nc(N(C)CC(C)(C)C)c2C#N)c1.CCc1nc(NC)c(Cl)c(Nc2cc(C(=O)NC)ccc2C)n1.CCc1nc(Nc2cc(C(=O)NC)ccc2C)c(Cl)c(N(C)CC(C)(C)C)n1.CNC(=O)c1ccc(C)c(Nc2nc(N(C)CC(C)(C)C)nc(N(C)CC(C)(C)C)c2Cl)c1. The zero-order chi connectivity index (χ0) is 86.7. The molecule has 3 amide bonds. The van der Waals surface area contributed by atoms with Crippen LogP contribution in [0.25, 0.3) is 5.70 Å². The number of hydrogen-bond acceptors (Lipinski definition) is 24. The summed E-state index contributed by atoms with van der Waals surface area (Å²) in [6.07, 6.45) is 2.44. The van der Waals surface area contributed by atoms with Gasteiger partial charge in [0.15, 0.2) is 46.5 Å². The molecule has 9 N–H and O–H groups in total. The van der Waals surface area contributed by atoms with Gasteiger partial charge < -0.3 is 67.5 Å². The van der Waals surface area contributed by atoms with E-state index in [2.05, 4.69) is 183 Å². The van der Waals surface area contributed by atoms with Gasteiger partial charge in [-0.1, -0.05) is 169 Å². The van der Waals surface area contributed by atoms with Crippen molar-refractivity contribution in [3.05, 3.63) is 156 Å². The summed E-state index contributed by atoms with van der Waals surface area (Å²) in [5.74, 6) is 5.46. The largest absolute Gasteiger partial charge is 0.388 e. The lowest BCUT2D eigenvalue weighted by molar-refractivity contribution is 0.0955. The number of aromatic nitrogens is 8. The quantitative estimate of drug-likeness (QED) is 0.0240. The zero-order valence-electron chi connectivity index (χ0n) is 72.3. The number of nitrogens with zero attached hydrogens (tertiary/aromatic N) is 13. The molecule has 4 aromatic carbocycles. The molecule has 0 saturated carbocycles. The number of rotatable bonds is 25. The Labute approximate surface area is 696 Å². The first-order valence-electron chi connectivity index (χ1n) is 37.7. The van der Waals surface area contributed by atoms with Gasteiger partial charge in [-0.25, -0.2) is 28.4 Å². The number of sulfone groups is 1. The van der Waals surface area contributed by atoms with E-state index in [9.17, 15) is 28.1 Å². The fraction of sp³-hybridized carbons (Fsp3) is 0.452. The molecule has 0 aliphatic rings. The van der Waals surface area contributed by atoms with Crippen molar-refractivity contribution in [2.75, 3.05) is 142 Å². The second-order valence-corrected chi connectivity index (χ2v) is 36.0. The Morgan fingerprint density at radius 3 is 1.10 bits per heavy atom. The Kier molecular flexibility index (Phi) is 33.8. The molecule has 4 aromatic heterocycles. The molecule has 31 heteroatoms. The van der Waals surface area contributed by atoms with Crippen LogP contribution in [-0.4, -0.2) is 162 Å². The smallest absolute Gasteiger partial charge is 0.251 e. The summed E-state index contributed by atoms with van der Waals surface area (Å²) in [5.41, 5.74) is 10.5. The molecular weight excluding hydrogens is 1540 g/mol. The van der Waals surface area contributed by atoms with Gasteiger partial charge in [0.2, 0.25) is 15.8 Å². The van der Waals surface area contributed by atoms with Crippen LogP contribution in [0.2, 0.25) is 15.1 Å². The molecule has 0 bridgehead atoms. The zero-order valence-corrected chi connectivity index (χ0v) is 75.4. The highest BCUT2D eigenvalue weighted by Crippen LogP contribution is 2.39. The van der Waals surface area contributed by atoms with Crippen LogP contribution in [0.15, 0.2) is 84.5 Å². The van der Waals surface area contributed by atoms with Crippen LogP contribution < -0.4 is 67.5 Å². The molecule has 115 heavy (non-hydrogen) atoms. The second kappa shape index (κ2) is 40.8.